The van der Waals surface area contributed by atoms with Gasteiger partial charge in [0.05, 0.1) is 10.3 Å². The van der Waals surface area contributed by atoms with E-state index in [1.165, 1.54) is 6.07 Å². The first-order chi connectivity index (χ1) is 17.2. The van der Waals surface area contributed by atoms with Crippen LogP contribution in [0.15, 0.2) is 65.2 Å². The van der Waals surface area contributed by atoms with Crippen LogP contribution in [0.2, 0.25) is 0 Å². The highest BCUT2D eigenvalue weighted by Gasteiger charge is 2.44. The lowest BCUT2D eigenvalue weighted by Gasteiger charge is -2.25. The van der Waals surface area contributed by atoms with E-state index in [2.05, 4.69) is 42.4 Å². The third-order valence-electron chi connectivity index (χ3n) is 7.33. The first kappa shape index (κ1) is 27.3. The molecule has 10 heteroatoms. The van der Waals surface area contributed by atoms with Gasteiger partial charge in [0.2, 0.25) is 5.69 Å². The average Bonchev–Trinajstić information content (AvgIpc) is 3.16. The molecule has 1 atom stereocenters. The lowest BCUT2D eigenvalue weighted by molar-refractivity contribution is -0.433. The van der Waals surface area contributed by atoms with Crippen molar-refractivity contribution in [2.24, 2.45) is 0 Å². The Bertz CT molecular complexity index is 1490. The second kappa shape index (κ2) is 9.50. The Morgan fingerprint density at radius 1 is 1.05 bits per heavy atom. The summed E-state index contributed by atoms with van der Waals surface area (Å²) in [5.41, 5.74) is 5.04. The summed E-state index contributed by atoms with van der Waals surface area (Å²) in [5.74, 6) is 0.337. The zero-order chi connectivity index (χ0) is 27.3. The van der Waals surface area contributed by atoms with Crippen LogP contribution < -0.4 is 9.08 Å². The Balaban J connectivity index is 1.74. The second-order valence-electron chi connectivity index (χ2n) is 10.2. The van der Waals surface area contributed by atoms with Gasteiger partial charge in [-0.15, -0.1) is 0 Å². The monoisotopic (exact) mass is 545 g/mol. The molecule has 0 fully saturated rings. The van der Waals surface area contributed by atoms with Gasteiger partial charge < -0.3 is 9.08 Å². The van der Waals surface area contributed by atoms with Crippen molar-refractivity contribution in [2.45, 2.75) is 57.3 Å². The number of allylic oxidation sites excluding steroid dienone is 4. The topological polar surface area (TPSA) is 107 Å². The molecule has 0 aromatic heterocycles. The summed E-state index contributed by atoms with van der Waals surface area (Å²) in [6, 6.07) is 10.2. The molecule has 0 saturated carbocycles. The molecule has 37 heavy (non-hydrogen) atoms. The number of likely N-dealkylation sites (N-methyl/N-ethyl adjacent to an activating group) is 1. The van der Waals surface area contributed by atoms with E-state index in [4.69, 9.17) is 8.74 Å². The van der Waals surface area contributed by atoms with E-state index in [0.29, 0.717) is 12.3 Å². The molecule has 198 valence electrons. The molecule has 2 N–H and O–H groups in total. The Kier molecular flexibility index (Phi) is 7.00. The van der Waals surface area contributed by atoms with Crippen LogP contribution in [0.5, 0.6) is 5.75 Å². The molecule has 2 aliphatic rings. The van der Waals surface area contributed by atoms with Gasteiger partial charge in [0.1, 0.15) is 12.3 Å². The van der Waals surface area contributed by atoms with Crippen molar-refractivity contribution in [2.75, 3.05) is 18.0 Å². The molecule has 0 radical (unpaired) electrons. The van der Waals surface area contributed by atoms with Crippen LogP contribution in [0.25, 0.3) is 0 Å². The van der Waals surface area contributed by atoms with Crippen molar-refractivity contribution in [3.63, 3.8) is 0 Å². The van der Waals surface area contributed by atoms with Crippen molar-refractivity contribution >= 4 is 38.6 Å². The van der Waals surface area contributed by atoms with E-state index in [1.807, 2.05) is 39.0 Å². The highest BCUT2D eigenvalue weighted by Crippen LogP contribution is 2.48. The summed E-state index contributed by atoms with van der Waals surface area (Å²) in [6.45, 7) is 13.9. The number of rotatable bonds is 7. The quantitative estimate of drug-likeness (QED) is 0.283. The second-order valence-corrected chi connectivity index (χ2v) is 12.2. The Hall–Kier alpha value is -2.79. The van der Waals surface area contributed by atoms with Gasteiger partial charge >= 0.3 is 11.4 Å². The van der Waals surface area contributed by atoms with Gasteiger partial charge in [-0.05, 0) is 69.7 Å². The van der Waals surface area contributed by atoms with Gasteiger partial charge in [0, 0.05) is 41.1 Å². The lowest BCUT2D eigenvalue weighted by atomic mass is 9.81. The maximum absolute atomic E-state index is 11.8. The van der Waals surface area contributed by atoms with E-state index in [1.54, 1.807) is 18.2 Å². The summed E-state index contributed by atoms with van der Waals surface area (Å²) < 4.78 is 60.6. The van der Waals surface area contributed by atoms with Crippen molar-refractivity contribution in [1.29, 1.82) is 0 Å². The van der Waals surface area contributed by atoms with Crippen LogP contribution in [-0.2, 0) is 32.3 Å². The van der Waals surface area contributed by atoms with Gasteiger partial charge in [0.15, 0.2) is 5.71 Å². The Labute approximate surface area is 221 Å². The minimum absolute atomic E-state index is 0.111. The van der Waals surface area contributed by atoms with Crippen LogP contribution >= 0.6 is 0 Å². The Morgan fingerprint density at radius 3 is 2.35 bits per heavy atom. The van der Waals surface area contributed by atoms with E-state index < -0.39 is 26.9 Å². The van der Waals surface area contributed by atoms with Gasteiger partial charge in [-0.1, -0.05) is 19.9 Å². The standard InChI is InChI=1S/C27H32N2O6S2/c1-7-28-22-14-12-18(35-36(30)31)16-20(22)26(3,4)24(28)10-9-11-25-27(5,6)21-17-19(37(32,33)34)13-15-23(21)29(25)8-2/h9-17H,7-8H2,1-6H3,(H-,30,31,32,33,34)/p+1. The van der Waals surface area contributed by atoms with Crippen molar-refractivity contribution in [3.05, 3.63) is 71.5 Å². The maximum Gasteiger partial charge on any atom is 0.357 e. The minimum atomic E-state index is -4.30. The number of hydrogen-bond acceptors (Lipinski definition) is 5. The molecule has 2 heterocycles. The minimum Gasteiger partial charge on any atom is -0.380 e. The number of benzene rings is 2. The first-order valence-electron chi connectivity index (χ1n) is 12.1. The largest absolute Gasteiger partial charge is 0.380 e. The van der Waals surface area contributed by atoms with Crippen LogP contribution in [0.3, 0.4) is 0 Å². The SMILES string of the molecule is CCN1/C(=C\C=C\C2=[N+](CC)c3ccc(OS(=O)O)cc3C2(C)C)C(C)(C)c2cc(S(=O)(=O)O)ccc21. The highest BCUT2D eigenvalue weighted by molar-refractivity contribution is 7.85. The summed E-state index contributed by atoms with van der Waals surface area (Å²) in [7, 11) is -4.30. The van der Waals surface area contributed by atoms with Crippen LogP contribution in [0, 0.1) is 0 Å². The molecular weight excluding hydrogens is 512 g/mol. The fourth-order valence-electron chi connectivity index (χ4n) is 5.52. The molecule has 0 saturated heterocycles. The molecule has 0 spiro atoms. The normalized spacial score (nSPS) is 20.0. The molecule has 0 aliphatic carbocycles. The number of hydrogen-bond donors (Lipinski definition) is 2. The van der Waals surface area contributed by atoms with Gasteiger partial charge in [-0.2, -0.15) is 17.2 Å². The summed E-state index contributed by atoms with van der Waals surface area (Å²) in [5, 5.41) is 0. The van der Waals surface area contributed by atoms with E-state index in [9.17, 15) is 17.2 Å². The summed E-state index contributed by atoms with van der Waals surface area (Å²) >= 11 is -2.39. The number of fused-ring (bicyclic) bond motifs is 2. The molecule has 2 aliphatic heterocycles. The Morgan fingerprint density at radius 2 is 1.76 bits per heavy atom. The molecule has 4 rings (SSSR count). The van der Waals surface area contributed by atoms with E-state index >= 15 is 0 Å². The number of anilines is 1. The van der Waals surface area contributed by atoms with Gasteiger partial charge in [-0.3, -0.25) is 9.11 Å². The fraction of sp³-hybridized carbons (Fsp3) is 0.370. The number of nitrogens with zero attached hydrogens (tertiary/aromatic N) is 2. The predicted octanol–water partition coefficient (Wildman–Crippen LogP) is 5.10. The molecule has 0 bridgehead atoms. The van der Waals surface area contributed by atoms with Gasteiger partial charge in [-0.25, -0.2) is 0 Å². The van der Waals surface area contributed by atoms with Crippen molar-refractivity contribution < 1.29 is 30.5 Å². The third-order valence-corrected chi connectivity index (χ3v) is 8.52. The third kappa shape index (κ3) is 4.67. The lowest BCUT2D eigenvalue weighted by Crippen LogP contribution is -2.28. The van der Waals surface area contributed by atoms with Crippen molar-refractivity contribution in [3.8, 4) is 5.75 Å². The molecule has 0 amide bonds. The van der Waals surface area contributed by atoms with Crippen LogP contribution in [0.1, 0.15) is 52.7 Å². The fourth-order valence-corrected chi connectivity index (χ4v) is 6.29. The van der Waals surface area contributed by atoms with Crippen LogP contribution in [-0.4, -0.2) is 45.1 Å². The zero-order valence-corrected chi connectivity index (χ0v) is 23.5. The average molecular weight is 546 g/mol. The molecule has 1 unspecified atom stereocenters. The molecule has 2 aromatic carbocycles. The zero-order valence-electron chi connectivity index (χ0n) is 21.8. The highest BCUT2D eigenvalue weighted by atomic mass is 32.2. The summed E-state index contributed by atoms with van der Waals surface area (Å²) in [6.07, 6.45) is 6.15. The first-order valence-corrected chi connectivity index (χ1v) is 14.6. The van der Waals surface area contributed by atoms with E-state index in [-0.39, 0.29) is 10.3 Å². The molecular formula is C27H33N2O6S2+. The molecule has 2 aromatic rings. The smallest absolute Gasteiger partial charge is 0.357 e. The van der Waals surface area contributed by atoms with Crippen molar-refractivity contribution in [1.82, 2.24) is 0 Å². The van der Waals surface area contributed by atoms with Gasteiger partial charge in [0.25, 0.3) is 10.1 Å². The van der Waals surface area contributed by atoms with Crippen LogP contribution in [0.4, 0.5) is 11.4 Å². The maximum atomic E-state index is 11.8. The van der Waals surface area contributed by atoms with E-state index in [0.717, 1.165) is 40.5 Å². The predicted molar refractivity (Wildman–Crippen MR) is 146 cm³/mol. The summed E-state index contributed by atoms with van der Waals surface area (Å²) in [4.78, 5) is 2.04. The molecule has 8 nitrogen and oxygen atoms in total.